The molecule has 4 unspecified atom stereocenters. The van der Waals surface area contributed by atoms with Crippen LogP contribution in [0.1, 0.15) is 97.8 Å². The van der Waals surface area contributed by atoms with Gasteiger partial charge in [-0.3, -0.25) is 9.59 Å². The molecule has 162 valence electrons. The van der Waals surface area contributed by atoms with Gasteiger partial charge in [-0.2, -0.15) is 0 Å². The van der Waals surface area contributed by atoms with Gasteiger partial charge in [0.2, 0.25) is 6.41 Å². The molecule has 1 saturated heterocycles. The first kappa shape index (κ1) is 24.4. The Labute approximate surface area is 170 Å². The summed E-state index contributed by atoms with van der Waals surface area (Å²) < 4.78 is 11.1. The van der Waals surface area contributed by atoms with E-state index in [9.17, 15) is 14.4 Å². The fraction of sp³-hybridized carbons (Fsp3) is 0.864. The van der Waals surface area contributed by atoms with E-state index in [1.807, 2.05) is 6.92 Å². The van der Waals surface area contributed by atoms with Crippen LogP contribution in [0.2, 0.25) is 0 Å². The molecule has 1 N–H and O–H groups in total. The number of cyclic esters (lactones) is 1. The Morgan fingerprint density at radius 2 is 1.79 bits per heavy atom. The molecule has 1 aliphatic rings. The zero-order valence-electron chi connectivity index (χ0n) is 17.9. The van der Waals surface area contributed by atoms with Crippen molar-refractivity contribution in [2.75, 3.05) is 0 Å². The highest BCUT2D eigenvalue weighted by atomic mass is 16.6. The van der Waals surface area contributed by atoms with Gasteiger partial charge in [0.05, 0.1) is 5.92 Å². The number of nitrogens with one attached hydrogen (secondary N) is 1. The summed E-state index contributed by atoms with van der Waals surface area (Å²) >= 11 is 0. The first-order valence-corrected chi connectivity index (χ1v) is 11.2. The lowest BCUT2D eigenvalue weighted by molar-refractivity contribution is -0.190. The van der Waals surface area contributed by atoms with Crippen LogP contribution in [-0.4, -0.2) is 36.6 Å². The van der Waals surface area contributed by atoms with E-state index in [-0.39, 0.29) is 30.1 Å². The second kappa shape index (κ2) is 14.4. The lowest BCUT2D eigenvalue weighted by atomic mass is 9.86. The van der Waals surface area contributed by atoms with Crippen LogP contribution in [0.15, 0.2) is 0 Å². The van der Waals surface area contributed by atoms with Crippen LogP contribution in [0, 0.1) is 5.92 Å². The van der Waals surface area contributed by atoms with Gasteiger partial charge in [0.25, 0.3) is 0 Å². The third-order valence-corrected chi connectivity index (χ3v) is 5.43. The van der Waals surface area contributed by atoms with Crippen molar-refractivity contribution in [3.05, 3.63) is 0 Å². The van der Waals surface area contributed by atoms with E-state index in [1.165, 1.54) is 12.8 Å². The van der Waals surface area contributed by atoms with Crippen molar-refractivity contribution >= 4 is 18.3 Å². The molecule has 1 aliphatic heterocycles. The Hall–Kier alpha value is -1.59. The molecule has 6 heteroatoms. The molecule has 0 spiro atoms. The molecule has 0 aromatic carbocycles. The Morgan fingerprint density at radius 1 is 1.07 bits per heavy atom. The van der Waals surface area contributed by atoms with Crippen molar-refractivity contribution in [3.8, 4) is 0 Å². The zero-order valence-corrected chi connectivity index (χ0v) is 17.9. The fourth-order valence-electron chi connectivity index (χ4n) is 3.70. The largest absolute Gasteiger partial charge is 0.461 e. The average Bonchev–Trinajstić information content (AvgIpc) is 2.67. The lowest BCUT2D eigenvalue weighted by Gasteiger charge is -2.37. The van der Waals surface area contributed by atoms with Crippen LogP contribution in [0.3, 0.4) is 0 Å². The van der Waals surface area contributed by atoms with Gasteiger partial charge in [-0.05, 0) is 25.7 Å². The van der Waals surface area contributed by atoms with Crippen molar-refractivity contribution in [1.82, 2.24) is 5.32 Å². The van der Waals surface area contributed by atoms with Gasteiger partial charge in [0.1, 0.15) is 18.2 Å². The summed E-state index contributed by atoms with van der Waals surface area (Å²) in [7, 11) is 0. The quantitative estimate of drug-likeness (QED) is 0.225. The number of hydrogen-bond acceptors (Lipinski definition) is 5. The minimum Gasteiger partial charge on any atom is -0.461 e. The van der Waals surface area contributed by atoms with Crippen LogP contribution in [0.5, 0.6) is 0 Å². The van der Waals surface area contributed by atoms with Crippen LogP contribution < -0.4 is 5.32 Å². The van der Waals surface area contributed by atoms with Crippen molar-refractivity contribution in [3.63, 3.8) is 0 Å². The monoisotopic (exact) mass is 397 g/mol. The van der Waals surface area contributed by atoms with E-state index in [2.05, 4.69) is 19.2 Å². The van der Waals surface area contributed by atoms with Crippen LogP contribution >= 0.6 is 0 Å². The van der Waals surface area contributed by atoms with Crippen LogP contribution in [-0.2, 0) is 23.9 Å². The fourth-order valence-corrected chi connectivity index (χ4v) is 3.70. The number of amides is 1. The molecule has 1 fully saturated rings. The summed E-state index contributed by atoms with van der Waals surface area (Å²) in [5.74, 6) is -0.573. The zero-order chi connectivity index (χ0) is 20.8. The smallest absolute Gasteiger partial charge is 0.328 e. The number of ether oxygens (including phenoxy) is 2. The molecule has 28 heavy (non-hydrogen) atoms. The molecule has 1 heterocycles. The summed E-state index contributed by atoms with van der Waals surface area (Å²) in [6.45, 7) is 6.26. The highest BCUT2D eigenvalue weighted by molar-refractivity contribution is 5.79. The molecule has 1 amide bonds. The Bertz CT molecular complexity index is 468. The summed E-state index contributed by atoms with van der Waals surface area (Å²) in [5.41, 5.74) is 0. The van der Waals surface area contributed by atoms with Gasteiger partial charge >= 0.3 is 11.9 Å². The first-order valence-electron chi connectivity index (χ1n) is 11.2. The van der Waals surface area contributed by atoms with Gasteiger partial charge in [0, 0.05) is 6.42 Å². The maximum absolute atomic E-state index is 12.5. The number of carbonyl (C=O) groups excluding carboxylic acids is 3. The Kier molecular flexibility index (Phi) is 12.6. The van der Waals surface area contributed by atoms with E-state index in [0.29, 0.717) is 19.3 Å². The van der Waals surface area contributed by atoms with Gasteiger partial charge in [-0.15, -0.1) is 0 Å². The molecule has 0 aliphatic carbocycles. The second-order valence-corrected chi connectivity index (χ2v) is 7.85. The third kappa shape index (κ3) is 8.61. The van der Waals surface area contributed by atoms with Crippen molar-refractivity contribution in [2.45, 2.75) is 116 Å². The maximum Gasteiger partial charge on any atom is 0.328 e. The van der Waals surface area contributed by atoms with Crippen molar-refractivity contribution in [2.24, 2.45) is 5.92 Å². The minimum atomic E-state index is -0.607. The Balaban J connectivity index is 2.61. The highest BCUT2D eigenvalue weighted by Gasteiger charge is 2.43. The van der Waals surface area contributed by atoms with Gasteiger partial charge in [0.15, 0.2) is 0 Å². The van der Waals surface area contributed by atoms with Gasteiger partial charge < -0.3 is 14.8 Å². The van der Waals surface area contributed by atoms with Crippen molar-refractivity contribution in [1.29, 1.82) is 0 Å². The summed E-state index contributed by atoms with van der Waals surface area (Å²) in [4.78, 5) is 35.1. The lowest BCUT2D eigenvalue weighted by Crippen LogP contribution is -2.48. The highest BCUT2D eigenvalue weighted by Crippen LogP contribution is 2.32. The van der Waals surface area contributed by atoms with E-state index < -0.39 is 6.04 Å². The number of rotatable bonds is 17. The minimum absolute atomic E-state index is 0.0660. The molecule has 0 aromatic rings. The summed E-state index contributed by atoms with van der Waals surface area (Å²) in [5, 5.41) is 2.55. The van der Waals surface area contributed by atoms with Crippen LogP contribution in [0.25, 0.3) is 0 Å². The van der Waals surface area contributed by atoms with Gasteiger partial charge in [-0.1, -0.05) is 65.7 Å². The topological polar surface area (TPSA) is 81.7 Å². The summed E-state index contributed by atoms with van der Waals surface area (Å²) in [6.07, 6.45) is 11.3. The molecule has 1 rings (SSSR count). The number of unbranched alkanes of at least 4 members (excludes halogenated alkanes) is 5. The molecule has 0 aromatic heterocycles. The number of carbonyl (C=O) groups is 3. The van der Waals surface area contributed by atoms with Gasteiger partial charge in [-0.25, -0.2) is 4.79 Å². The Morgan fingerprint density at radius 3 is 2.39 bits per heavy atom. The van der Waals surface area contributed by atoms with Crippen LogP contribution in [0.4, 0.5) is 0 Å². The molecule has 6 nitrogen and oxygen atoms in total. The van der Waals surface area contributed by atoms with E-state index in [1.54, 1.807) is 0 Å². The summed E-state index contributed by atoms with van der Waals surface area (Å²) in [6, 6.07) is -0.607. The van der Waals surface area contributed by atoms with E-state index in [4.69, 9.17) is 9.47 Å². The number of hydrogen-bond donors (Lipinski definition) is 1. The maximum atomic E-state index is 12.5. The molecule has 4 atom stereocenters. The normalized spacial score (nSPS) is 20.6. The third-order valence-electron chi connectivity index (χ3n) is 5.43. The average molecular weight is 398 g/mol. The standard InChI is InChI=1S/C22H39NO5/c1-4-7-9-11-14-18-20(28-21(18)25)15-17(13-10-8-5-2)27-22(26)19(12-6-3)23-16-24/h16-20H,4-15H2,1-3H3,(H,23,24). The molecular formula is C22H39NO5. The molecule has 0 saturated carbocycles. The van der Waals surface area contributed by atoms with E-state index >= 15 is 0 Å². The van der Waals surface area contributed by atoms with Crippen molar-refractivity contribution < 1.29 is 23.9 Å². The first-order chi connectivity index (χ1) is 13.6. The molecule has 0 bridgehead atoms. The number of esters is 2. The predicted octanol–water partition coefficient (Wildman–Crippen LogP) is 4.30. The molecular weight excluding hydrogens is 358 g/mol. The molecule has 0 radical (unpaired) electrons. The second-order valence-electron chi connectivity index (χ2n) is 7.85. The predicted molar refractivity (Wildman–Crippen MR) is 109 cm³/mol. The van der Waals surface area contributed by atoms with E-state index in [0.717, 1.165) is 51.4 Å². The SMILES string of the molecule is CCCCCCC1C(=O)OC1CC(CCCCC)OC(=O)C(CCC)NC=O.